The number of pyridine rings is 1. The zero-order chi connectivity index (χ0) is 13.1. The Morgan fingerprint density at radius 1 is 1.42 bits per heavy atom. The average Bonchev–Trinajstić information content (AvgIpc) is 2.91. The maximum atomic E-state index is 5.55. The Bertz CT molecular complexity index is 503. The van der Waals surface area contributed by atoms with Gasteiger partial charge in [-0.05, 0) is 31.9 Å². The molecule has 100 valence electrons. The lowest BCUT2D eigenvalue weighted by molar-refractivity contribution is 0.00299. The fourth-order valence-electron chi connectivity index (χ4n) is 2.31. The van der Waals surface area contributed by atoms with E-state index >= 15 is 0 Å². The quantitative estimate of drug-likeness (QED) is 0.893. The van der Waals surface area contributed by atoms with E-state index in [0.29, 0.717) is 12.1 Å². The summed E-state index contributed by atoms with van der Waals surface area (Å²) in [7, 11) is 0. The van der Waals surface area contributed by atoms with Crippen LogP contribution in [-0.2, 0) is 4.74 Å². The Kier molecular flexibility index (Phi) is 3.46. The molecular weight excluding hydrogens is 240 g/mol. The molecule has 1 aliphatic rings. The molecule has 19 heavy (non-hydrogen) atoms. The lowest BCUT2D eigenvalue weighted by Crippen LogP contribution is -2.40. The van der Waals surface area contributed by atoms with E-state index in [1.807, 2.05) is 30.0 Å². The molecule has 5 nitrogen and oxygen atoms in total. The van der Waals surface area contributed by atoms with Crippen molar-refractivity contribution >= 4 is 5.69 Å². The van der Waals surface area contributed by atoms with Crippen LogP contribution in [0.5, 0.6) is 0 Å². The van der Waals surface area contributed by atoms with E-state index in [2.05, 4.69) is 21.4 Å². The van der Waals surface area contributed by atoms with E-state index in [-0.39, 0.29) is 0 Å². The Hall–Kier alpha value is -1.88. The zero-order valence-corrected chi connectivity index (χ0v) is 11.0. The first kappa shape index (κ1) is 12.2. The van der Waals surface area contributed by atoms with E-state index in [0.717, 1.165) is 31.0 Å². The summed E-state index contributed by atoms with van der Waals surface area (Å²) in [6.45, 7) is 2.85. The van der Waals surface area contributed by atoms with Crippen LogP contribution >= 0.6 is 0 Å². The summed E-state index contributed by atoms with van der Waals surface area (Å²) in [5.41, 5.74) is 1.06. The van der Waals surface area contributed by atoms with Gasteiger partial charge in [0.1, 0.15) is 12.1 Å². The maximum Gasteiger partial charge on any atom is 0.137 e. The SMILES string of the molecule is CCOC1CC(Nc2ccc(-n3ccnc3)nc2)C1. The molecule has 2 heterocycles. The van der Waals surface area contributed by atoms with E-state index in [1.165, 1.54) is 0 Å². The minimum Gasteiger partial charge on any atom is -0.381 e. The fraction of sp³-hybridized carbons (Fsp3) is 0.429. The van der Waals surface area contributed by atoms with Crippen LogP contribution in [0.3, 0.4) is 0 Å². The van der Waals surface area contributed by atoms with Crippen LogP contribution in [0.2, 0.25) is 0 Å². The van der Waals surface area contributed by atoms with Gasteiger partial charge in [0.2, 0.25) is 0 Å². The summed E-state index contributed by atoms with van der Waals surface area (Å²) >= 11 is 0. The first-order valence-electron chi connectivity index (χ1n) is 6.67. The standard InChI is InChI=1S/C14H18N4O/c1-2-19-13-7-12(8-13)17-11-3-4-14(16-9-11)18-6-5-15-10-18/h3-6,9-10,12-13,17H,2,7-8H2,1H3. The molecule has 2 aromatic heterocycles. The van der Waals surface area contributed by atoms with Crippen molar-refractivity contribution in [2.45, 2.75) is 31.9 Å². The fourth-order valence-corrected chi connectivity index (χ4v) is 2.31. The molecule has 0 spiro atoms. The molecule has 2 aromatic rings. The number of hydrogen-bond acceptors (Lipinski definition) is 4. The molecule has 0 saturated heterocycles. The predicted octanol–water partition coefficient (Wildman–Crippen LogP) is 2.25. The third-order valence-electron chi connectivity index (χ3n) is 3.38. The summed E-state index contributed by atoms with van der Waals surface area (Å²) in [6.07, 6.45) is 9.83. The highest BCUT2D eigenvalue weighted by molar-refractivity contribution is 5.45. The van der Waals surface area contributed by atoms with E-state index in [4.69, 9.17) is 4.74 Å². The molecule has 1 N–H and O–H groups in total. The van der Waals surface area contributed by atoms with E-state index < -0.39 is 0 Å². The molecule has 0 amide bonds. The van der Waals surface area contributed by atoms with Crippen LogP contribution in [0, 0.1) is 0 Å². The number of nitrogens with one attached hydrogen (secondary N) is 1. The van der Waals surface area contributed by atoms with Crippen LogP contribution in [0.15, 0.2) is 37.1 Å². The van der Waals surface area contributed by atoms with Crippen molar-refractivity contribution in [1.82, 2.24) is 14.5 Å². The maximum absolute atomic E-state index is 5.55. The van der Waals surface area contributed by atoms with Crippen molar-refractivity contribution in [1.29, 1.82) is 0 Å². The summed E-state index contributed by atoms with van der Waals surface area (Å²) < 4.78 is 7.44. The average molecular weight is 258 g/mol. The highest BCUT2D eigenvalue weighted by Gasteiger charge is 2.29. The lowest BCUT2D eigenvalue weighted by atomic mass is 9.89. The van der Waals surface area contributed by atoms with Gasteiger partial charge < -0.3 is 10.1 Å². The third-order valence-corrected chi connectivity index (χ3v) is 3.38. The highest BCUT2D eigenvalue weighted by atomic mass is 16.5. The van der Waals surface area contributed by atoms with Crippen LogP contribution in [0.25, 0.3) is 5.82 Å². The van der Waals surface area contributed by atoms with Crippen LogP contribution in [0.4, 0.5) is 5.69 Å². The second kappa shape index (κ2) is 5.40. The molecule has 1 saturated carbocycles. The van der Waals surface area contributed by atoms with Gasteiger partial charge in [-0.3, -0.25) is 4.57 Å². The van der Waals surface area contributed by atoms with Gasteiger partial charge >= 0.3 is 0 Å². The van der Waals surface area contributed by atoms with Gasteiger partial charge in [0.15, 0.2) is 0 Å². The van der Waals surface area contributed by atoms with Crippen LogP contribution < -0.4 is 5.32 Å². The van der Waals surface area contributed by atoms with Crippen molar-refractivity contribution in [3.63, 3.8) is 0 Å². The number of aromatic nitrogens is 3. The molecule has 1 aliphatic carbocycles. The molecule has 0 unspecified atom stereocenters. The van der Waals surface area contributed by atoms with Gasteiger partial charge in [0, 0.05) is 25.0 Å². The summed E-state index contributed by atoms with van der Waals surface area (Å²) in [6, 6.07) is 4.55. The number of rotatable bonds is 5. The minimum absolute atomic E-state index is 0.431. The van der Waals surface area contributed by atoms with Gasteiger partial charge in [0.05, 0.1) is 18.0 Å². The zero-order valence-electron chi connectivity index (χ0n) is 11.0. The number of anilines is 1. The first-order chi connectivity index (χ1) is 9.35. The second-order valence-electron chi connectivity index (χ2n) is 4.77. The molecular formula is C14H18N4O. The van der Waals surface area contributed by atoms with Crippen LogP contribution in [0.1, 0.15) is 19.8 Å². The molecule has 1 fully saturated rings. The third kappa shape index (κ3) is 2.76. The minimum atomic E-state index is 0.431. The molecule has 0 aliphatic heterocycles. The van der Waals surface area contributed by atoms with Gasteiger partial charge in [-0.2, -0.15) is 0 Å². The Morgan fingerprint density at radius 3 is 2.95 bits per heavy atom. The predicted molar refractivity (Wildman–Crippen MR) is 73.4 cm³/mol. The number of ether oxygens (including phenoxy) is 1. The Morgan fingerprint density at radius 2 is 2.32 bits per heavy atom. The summed E-state index contributed by atoms with van der Waals surface area (Å²) in [5.74, 6) is 0.879. The van der Waals surface area contributed by atoms with Gasteiger partial charge in [-0.15, -0.1) is 0 Å². The van der Waals surface area contributed by atoms with Crippen molar-refractivity contribution in [2.24, 2.45) is 0 Å². The molecule has 0 atom stereocenters. The first-order valence-corrected chi connectivity index (χ1v) is 6.67. The van der Waals surface area contributed by atoms with E-state index in [9.17, 15) is 0 Å². The monoisotopic (exact) mass is 258 g/mol. The largest absolute Gasteiger partial charge is 0.381 e. The normalized spacial score (nSPS) is 21.9. The van der Waals surface area contributed by atoms with Gasteiger partial charge in [-0.1, -0.05) is 0 Å². The van der Waals surface area contributed by atoms with Crippen molar-refractivity contribution in [3.05, 3.63) is 37.1 Å². The summed E-state index contributed by atoms with van der Waals surface area (Å²) in [4.78, 5) is 8.43. The highest BCUT2D eigenvalue weighted by Crippen LogP contribution is 2.26. The van der Waals surface area contributed by atoms with Gasteiger partial charge in [-0.25, -0.2) is 9.97 Å². The Labute approximate surface area is 112 Å². The van der Waals surface area contributed by atoms with Crippen molar-refractivity contribution in [2.75, 3.05) is 11.9 Å². The molecule has 0 aromatic carbocycles. The number of imidazole rings is 1. The van der Waals surface area contributed by atoms with E-state index in [1.54, 1.807) is 12.5 Å². The van der Waals surface area contributed by atoms with Crippen LogP contribution in [-0.4, -0.2) is 33.3 Å². The number of nitrogens with zero attached hydrogens (tertiary/aromatic N) is 3. The summed E-state index contributed by atoms with van der Waals surface area (Å²) in [5, 5.41) is 3.47. The lowest BCUT2D eigenvalue weighted by Gasteiger charge is -2.35. The Balaban J connectivity index is 1.56. The smallest absolute Gasteiger partial charge is 0.137 e. The second-order valence-corrected chi connectivity index (χ2v) is 4.77. The molecule has 0 bridgehead atoms. The van der Waals surface area contributed by atoms with Gasteiger partial charge in [0.25, 0.3) is 0 Å². The van der Waals surface area contributed by atoms with Crippen molar-refractivity contribution < 1.29 is 4.74 Å². The molecule has 0 radical (unpaired) electrons. The molecule has 5 heteroatoms. The topological polar surface area (TPSA) is 52.0 Å². The van der Waals surface area contributed by atoms with Crippen molar-refractivity contribution in [3.8, 4) is 5.82 Å². The molecule has 3 rings (SSSR count). The number of hydrogen-bond donors (Lipinski definition) is 1.